The molecule has 1 aromatic heterocycles. The maximum atomic E-state index is 11.9. The van der Waals surface area contributed by atoms with Crippen LogP contribution in [0.25, 0.3) is 0 Å². The summed E-state index contributed by atoms with van der Waals surface area (Å²) in [7, 11) is 0. The van der Waals surface area contributed by atoms with E-state index in [4.69, 9.17) is 4.74 Å². The molecule has 8 heteroatoms. The van der Waals surface area contributed by atoms with Gasteiger partial charge in [-0.15, -0.1) is 0 Å². The molecule has 0 saturated heterocycles. The lowest BCUT2D eigenvalue weighted by atomic mass is 10.1. The van der Waals surface area contributed by atoms with E-state index in [1.54, 1.807) is 6.20 Å². The molecule has 8 nitrogen and oxygen atoms in total. The summed E-state index contributed by atoms with van der Waals surface area (Å²) in [6.07, 6.45) is 3.64. The van der Waals surface area contributed by atoms with Crippen molar-refractivity contribution < 1.29 is 14.5 Å². The van der Waals surface area contributed by atoms with Gasteiger partial charge in [0.05, 0.1) is 11.5 Å². The van der Waals surface area contributed by atoms with Crippen LogP contribution in [0.3, 0.4) is 0 Å². The number of amides is 1. The SMILES string of the molecule is O=C(COc1ccc([N+](=O)[O-])cc1)NCc1ccc(Cn2cccn2)cc1. The summed E-state index contributed by atoms with van der Waals surface area (Å²) in [5, 5.41) is 17.5. The van der Waals surface area contributed by atoms with Crippen LogP contribution in [0.4, 0.5) is 5.69 Å². The minimum absolute atomic E-state index is 0.0252. The van der Waals surface area contributed by atoms with Gasteiger partial charge >= 0.3 is 0 Å². The minimum Gasteiger partial charge on any atom is -0.484 e. The van der Waals surface area contributed by atoms with Crippen molar-refractivity contribution in [3.8, 4) is 5.75 Å². The number of carbonyl (C=O) groups excluding carboxylic acids is 1. The third-order valence-corrected chi connectivity index (χ3v) is 3.83. The summed E-state index contributed by atoms with van der Waals surface area (Å²) in [5.74, 6) is 0.132. The standard InChI is InChI=1S/C19H18N4O4/c24-19(14-27-18-8-6-17(7-9-18)23(25)26)20-12-15-2-4-16(5-3-15)13-22-11-1-10-21-22/h1-11H,12-14H2,(H,20,24). The second kappa shape index (κ2) is 8.61. The molecule has 0 radical (unpaired) electrons. The molecule has 1 N–H and O–H groups in total. The first-order chi connectivity index (χ1) is 13.1. The van der Waals surface area contributed by atoms with Crippen molar-refractivity contribution >= 4 is 11.6 Å². The lowest BCUT2D eigenvalue weighted by Crippen LogP contribution is -2.28. The predicted octanol–water partition coefficient (Wildman–Crippen LogP) is 2.53. The Hall–Kier alpha value is -3.68. The Morgan fingerprint density at radius 1 is 1.11 bits per heavy atom. The number of nitrogens with one attached hydrogen (secondary N) is 1. The summed E-state index contributed by atoms with van der Waals surface area (Å²) in [4.78, 5) is 22.0. The highest BCUT2D eigenvalue weighted by Crippen LogP contribution is 2.17. The van der Waals surface area contributed by atoms with Crippen molar-refractivity contribution in [1.29, 1.82) is 0 Å². The Morgan fingerprint density at radius 2 is 1.81 bits per heavy atom. The van der Waals surface area contributed by atoms with Gasteiger partial charge in [-0.05, 0) is 29.3 Å². The Kier molecular flexibility index (Phi) is 5.78. The molecule has 0 saturated carbocycles. The average Bonchev–Trinajstić information content (AvgIpc) is 3.19. The molecule has 27 heavy (non-hydrogen) atoms. The summed E-state index contributed by atoms with van der Waals surface area (Å²) < 4.78 is 7.16. The Morgan fingerprint density at radius 3 is 2.44 bits per heavy atom. The summed E-state index contributed by atoms with van der Waals surface area (Å²) in [6.45, 7) is 0.933. The summed E-state index contributed by atoms with van der Waals surface area (Å²) >= 11 is 0. The Labute approximate surface area is 155 Å². The van der Waals surface area contributed by atoms with Crippen LogP contribution in [0, 0.1) is 10.1 Å². The lowest BCUT2D eigenvalue weighted by Gasteiger charge is -2.08. The quantitative estimate of drug-likeness (QED) is 0.488. The molecule has 1 amide bonds. The number of nitro groups is 1. The molecule has 3 aromatic rings. The molecule has 0 spiro atoms. The van der Waals surface area contributed by atoms with Gasteiger partial charge in [-0.1, -0.05) is 24.3 Å². The van der Waals surface area contributed by atoms with E-state index < -0.39 is 4.92 Å². The Bertz CT molecular complexity index is 890. The van der Waals surface area contributed by atoms with E-state index >= 15 is 0 Å². The monoisotopic (exact) mass is 366 g/mol. The maximum Gasteiger partial charge on any atom is 0.269 e. The van der Waals surface area contributed by atoms with Crippen molar-refractivity contribution in [2.75, 3.05) is 6.61 Å². The molecule has 0 aliphatic heterocycles. The fourth-order valence-corrected chi connectivity index (χ4v) is 2.41. The zero-order valence-corrected chi connectivity index (χ0v) is 14.4. The van der Waals surface area contributed by atoms with Crippen LogP contribution in [0.15, 0.2) is 67.0 Å². The van der Waals surface area contributed by atoms with Crippen molar-refractivity contribution in [1.82, 2.24) is 15.1 Å². The van der Waals surface area contributed by atoms with E-state index in [-0.39, 0.29) is 18.2 Å². The third kappa shape index (κ3) is 5.40. The van der Waals surface area contributed by atoms with Crippen molar-refractivity contribution in [2.24, 2.45) is 0 Å². The molecule has 0 fully saturated rings. The molecule has 1 heterocycles. The summed E-state index contributed by atoms with van der Waals surface area (Å²) in [6, 6.07) is 15.4. The van der Waals surface area contributed by atoms with E-state index in [0.717, 1.165) is 11.1 Å². The van der Waals surface area contributed by atoms with Crippen molar-refractivity contribution in [2.45, 2.75) is 13.1 Å². The number of hydrogen-bond donors (Lipinski definition) is 1. The van der Waals surface area contributed by atoms with Crippen LogP contribution in [0.5, 0.6) is 5.75 Å². The highest BCUT2D eigenvalue weighted by molar-refractivity contribution is 5.77. The van der Waals surface area contributed by atoms with Crippen LogP contribution in [-0.4, -0.2) is 27.2 Å². The normalized spacial score (nSPS) is 10.4. The van der Waals surface area contributed by atoms with Gasteiger partial charge in [0.25, 0.3) is 11.6 Å². The van der Waals surface area contributed by atoms with Gasteiger partial charge in [0, 0.05) is 31.1 Å². The largest absolute Gasteiger partial charge is 0.484 e. The number of rotatable bonds is 8. The molecule has 0 aliphatic rings. The molecule has 0 bridgehead atoms. The number of ether oxygens (including phenoxy) is 1. The molecular formula is C19H18N4O4. The fraction of sp³-hybridized carbons (Fsp3) is 0.158. The van der Waals surface area contributed by atoms with E-state index in [1.807, 2.05) is 41.2 Å². The molecule has 0 atom stereocenters. The molecule has 138 valence electrons. The number of hydrogen-bond acceptors (Lipinski definition) is 5. The van der Waals surface area contributed by atoms with Gasteiger partial charge in [0.15, 0.2) is 6.61 Å². The number of carbonyl (C=O) groups is 1. The van der Waals surface area contributed by atoms with E-state index in [9.17, 15) is 14.9 Å². The number of nitrogens with zero attached hydrogens (tertiary/aromatic N) is 3. The zero-order chi connectivity index (χ0) is 19.1. The zero-order valence-electron chi connectivity index (χ0n) is 14.4. The average molecular weight is 366 g/mol. The first-order valence-corrected chi connectivity index (χ1v) is 8.29. The van der Waals surface area contributed by atoms with Crippen molar-refractivity contribution in [3.05, 3.63) is 88.2 Å². The topological polar surface area (TPSA) is 99.3 Å². The van der Waals surface area contributed by atoms with Gasteiger partial charge in [-0.3, -0.25) is 19.6 Å². The van der Waals surface area contributed by atoms with Crippen LogP contribution in [0.1, 0.15) is 11.1 Å². The first kappa shape index (κ1) is 18.1. The van der Waals surface area contributed by atoms with E-state index in [2.05, 4.69) is 10.4 Å². The second-order valence-electron chi connectivity index (χ2n) is 5.84. The number of aromatic nitrogens is 2. The molecular weight excluding hydrogens is 348 g/mol. The molecule has 2 aromatic carbocycles. The van der Waals surface area contributed by atoms with Gasteiger partial charge in [-0.2, -0.15) is 5.10 Å². The van der Waals surface area contributed by atoms with Crippen LogP contribution in [-0.2, 0) is 17.9 Å². The number of non-ortho nitro benzene ring substituents is 1. The van der Waals surface area contributed by atoms with Crippen LogP contribution < -0.4 is 10.1 Å². The Balaban J connectivity index is 1.42. The van der Waals surface area contributed by atoms with Gasteiger partial charge in [0.2, 0.25) is 0 Å². The van der Waals surface area contributed by atoms with Gasteiger partial charge in [-0.25, -0.2) is 0 Å². The minimum atomic E-state index is -0.489. The van der Waals surface area contributed by atoms with Crippen LogP contribution >= 0.6 is 0 Å². The van der Waals surface area contributed by atoms with E-state index in [0.29, 0.717) is 18.8 Å². The highest BCUT2D eigenvalue weighted by Gasteiger charge is 2.06. The molecule has 3 rings (SSSR count). The molecule has 0 unspecified atom stereocenters. The third-order valence-electron chi connectivity index (χ3n) is 3.83. The summed E-state index contributed by atoms with van der Waals surface area (Å²) in [5.41, 5.74) is 2.07. The fourth-order valence-electron chi connectivity index (χ4n) is 2.41. The smallest absolute Gasteiger partial charge is 0.269 e. The van der Waals surface area contributed by atoms with E-state index in [1.165, 1.54) is 24.3 Å². The number of benzene rings is 2. The van der Waals surface area contributed by atoms with Gasteiger partial charge < -0.3 is 10.1 Å². The van der Waals surface area contributed by atoms with Gasteiger partial charge in [0.1, 0.15) is 5.75 Å². The van der Waals surface area contributed by atoms with Crippen molar-refractivity contribution in [3.63, 3.8) is 0 Å². The van der Waals surface area contributed by atoms with Crippen LogP contribution in [0.2, 0.25) is 0 Å². The first-order valence-electron chi connectivity index (χ1n) is 8.29. The lowest BCUT2D eigenvalue weighted by molar-refractivity contribution is -0.384. The maximum absolute atomic E-state index is 11.9. The second-order valence-corrected chi connectivity index (χ2v) is 5.84. The number of nitro benzene ring substituents is 1. The predicted molar refractivity (Wildman–Crippen MR) is 98.2 cm³/mol. The highest BCUT2D eigenvalue weighted by atomic mass is 16.6. The molecule has 0 aliphatic carbocycles.